The monoisotopic (exact) mass is 691 g/mol. The van der Waals surface area contributed by atoms with Gasteiger partial charge >= 0.3 is 12.4 Å². The van der Waals surface area contributed by atoms with Crippen molar-refractivity contribution in [2.24, 2.45) is 18.4 Å². The molecule has 1 aromatic carbocycles. The molecule has 2 aromatic heterocycles. The SMILES string of the molecule is Cn1c(Cc2cc(CNC(=O)C3(C)COC3)ccc2C(F)(F)F)nc2cc(C(=O)NC3CCC(C(F)(F)F)CC3)c(OCC(F)F)nc21. The summed E-state index contributed by atoms with van der Waals surface area (Å²) in [5.41, 5.74) is -1.62. The molecule has 2 fully saturated rings. The van der Waals surface area contributed by atoms with Crippen molar-refractivity contribution in [3.8, 4) is 5.88 Å². The normalized spacial score (nSPS) is 19.6. The second kappa shape index (κ2) is 13.5. The van der Waals surface area contributed by atoms with Gasteiger partial charge in [0.05, 0.1) is 30.1 Å². The first-order chi connectivity index (χ1) is 22.4. The number of aromatic nitrogens is 3. The summed E-state index contributed by atoms with van der Waals surface area (Å²) in [5.74, 6) is -3.00. The number of halogens is 8. The number of rotatable bonds is 10. The molecule has 3 heterocycles. The van der Waals surface area contributed by atoms with Crippen LogP contribution in [0.5, 0.6) is 5.88 Å². The van der Waals surface area contributed by atoms with E-state index in [-0.39, 0.29) is 85.9 Å². The lowest BCUT2D eigenvalue weighted by Crippen LogP contribution is -2.51. The highest BCUT2D eigenvalue weighted by Gasteiger charge is 2.42. The highest BCUT2D eigenvalue weighted by Crippen LogP contribution is 2.38. The van der Waals surface area contributed by atoms with Gasteiger partial charge in [0.25, 0.3) is 12.3 Å². The number of ether oxygens (including phenoxy) is 2. The van der Waals surface area contributed by atoms with Crippen LogP contribution in [-0.4, -0.2) is 64.8 Å². The molecule has 0 radical (unpaired) electrons. The fourth-order valence-corrected chi connectivity index (χ4v) is 5.83. The van der Waals surface area contributed by atoms with Crippen LogP contribution < -0.4 is 15.4 Å². The maximum atomic E-state index is 14.0. The lowest BCUT2D eigenvalue weighted by Gasteiger charge is -2.36. The Kier molecular flexibility index (Phi) is 9.91. The number of fused-ring (bicyclic) bond motifs is 1. The number of benzene rings is 1. The fraction of sp³-hybridized carbons (Fsp3) is 0.548. The molecule has 9 nitrogen and oxygen atoms in total. The first kappa shape index (κ1) is 35.3. The number of nitrogens with zero attached hydrogens (tertiary/aromatic N) is 3. The molecule has 0 bridgehead atoms. The summed E-state index contributed by atoms with van der Waals surface area (Å²) >= 11 is 0. The zero-order chi connectivity index (χ0) is 35.0. The Hall–Kier alpha value is -4.02. The molecule has 2 N–H and O–H groups in total. The van der Waals surface area contributed by atoms with Crippen molar-refractivity contribution < 1.29 is 54.2 Å². The second-order valence-electron chi connectivity index (χ2n) is 12.4. The molecular formula is C31H33F8N5O4. The van der Waals surface area contributed by atoms with Crippen LogP contribution in [0.15, 0.2) is 24.3 Å². The molecule has 2 amide bonds. The molecule has 0 unspecified atom stereocenters. The quantitative estimate of drug-likeness (QED) is 0.264. The Balaban J connectivity index is 1.41. The molecule has 3 aromatic rings. The number of alkyl halides is 8. The third-order valence-corrected chi connectivity index (χ3v) is 8.68. The van der Waals surface area contributed by atoms with Crippen molar-refractivity contribution in [1.29, 1.82) is 0 Å². The number of nitrogens with one attached hydrogen (secondary N) is 2. The molecular weight excluding hydrogens is 658 g/mol. The van der Waals surface area contributed by atoms with Crippen LogP contribution in [0.25, 0.3) is 11.2 Å². The van der Waals surface area contributed by atoms with E-state index in [1.54, 1.807) is 6.92 Å². The molecule has 2 aliphatic rings. The Morgan fingerprint density at radius 2 is 1.75 bits per heavy atom. The molecule has 262 valence electrons. The van der Waals surface area contributed by atoms with E-state index in [2.05, 4.69) is 20.6 Å². The molecule has 17 heteroatoms. The van der Waals surface area contributed by atoms with Crippen LogP contribution in [0, 0.1) is 11.3 Å². The van der Waals surface area contributed by atoms with Crippen molar-refractivity contribution in [3.63, 3.8) is 0 Å². The minimum atomic E-state index is -4.72. The number of carbonyl (C=O) groups excluding carboxylic acids is 2. The minimum Gasteiger partial charge on any atom is -0.471 e. The molecule has 1 saturated heterocycles. The summed E-state index contributed by atoms with van der Waals surface area (Å²) in [7, 11) is 1.45. The average Bonchev–Trinajstić information content (AvgIpc) is 3.29. The summed E-state index contributed by atoms with van der Waals surface area (Å²) < 4.78 is 119. The van der Waals surface area contributed by atoms with Gasteiger partial charge in [0, 0.05) is 26.1 Å². The number of aryl methyl sites for hydroxylation is 1. The van der Waals surface area contributed by atoms with Gasteiger partial charge in [-0.2, -0.15) is 31.3 Å². The first-order valence-electron chi connectivity index (χ1n) is 15.1. The van der Waals surface area contributed by atoms with Gasteiger partial charge in [-0.3, -0.25) is 9.59 Å². The van der Waals surface area contributed by atoms with Crippen molar-refractivity contribution >= 4 is 23.0 Å². The maximum absolute atomic E-state index is 14.0. The number of carbonyl (C=O) groups is 2. The smallest absolute Gasteiger partial charge is 0.416 e. The van der Waals surface area contributed by atoms with E-state index in [4.69, 9.17) is 9.47 Å². The largest absolute Gasteiger partial charge is 0.471 e. The Morgan fingerprint density at radius 1 is 1.06 bits per heavy atom. The van der Waals surface area contributed by atoms with Gasteiger partial charge in [-0.05, 0) is 55.9 Å². The van der Waals surface area contributed by atoms with E-state index in [0.29, 0.717) is 5.56 Å². The molecule has 0 spiro atoms. The van der Waals surface area contributed by atoms with Gasteiger partial charge in [0.15, 0.2) is 12.3 Å². The van der Waals surface area contributed by atoms with E-state index in [9.17, 15) is 44.7 Å². The van der Waals surface area contributed by atoms with Gasteiger partial charge < -0.3 is 24.7 Å². The molecule has 48 heavy (non-hydrogen) atoms. The van der Waals surface area contributed by atoms with E-state index in [1.165, 1.54) is 29.8 Å². The molecule has 5 rings (SSSR count). The molecule has 1 saturated carbocycles. The van der Waals surface area contributed by atoms with Gasteiger partial charge in [0.1, 0.15) is 16.9 Å². The summed E-state index contributed by atoms with van der Waals surface area (Å²) in [6, 6.07) is 4.06. The second-order valence-corrected chi connectivity index (χ2v) is 12.4. The molecule has 1 aliphatic carbocycles. The maximum Gasteiger partial charge on any atom is 0.416 e. The zero-order valence-corrected chi connectivity index (χ0v) is 25.9. The number of pyridine rings is 1. The van der Waals surface area contributed by atoms with Crippen LogP contribution in [0.2, 0.25) is 0 Å². The summed E-state index contributed by atoms with van der Waals surface area (Å²) in [6.07, 6.45) is -12.6. The van der Waals surface area contributed by atoms with Crippen molar-refractivity contribution in [2.45, 2.75) is 70.4 Å². The highest BCUT2D eigenvalue weighted by atomic mass is 19.4. The summed E-state index contributed by atoms with van der Waals surface area (Å²) in [5, 5.41) is 5.34. The van der Waals surface area contributed by atoms with Gasteiger partial charge in [-0.25, -0.2) is 13.8 Å². The fourth-order valence-electron chi connectivity index (χ4n) is 5.83. The summed E-state index contributed by atoms with van der Waals surface area (Å²) in [6.45, 7) is 1.03. The zero-order valence-electron chi connectivity index (χ0n) is 25.9. The third kappa shape index (κ3) is 7.81. The highest BCUT2D eigenvalue weighted by molar-refractivity contribution is 5.99. The first-order valence-corrected chi connectivity index (χ1v) is 15.1. The van der Waals surface area contributed by atoms with Gasteiger partial charge in [0.2, 0.25) is 11.8 Å². The Bertz CT molecular complexity index is 1660. The number of hydrogen-bond acceptors (Lipinski definition) is 6. The number of hydrogen-bond donors (Lipinski definition) is 2. The van der Waals surface area contributed by atoms with Crippen LogP contribution in [-0.2, 0) is 35.7 Å². The van der Waals surface area contributed by atoms with Gasteiger partial charge in [-0.1, -0.05) is 12.1 Å². The topological polar surface area (TPSA) is 107 Å². The van der Waals surface area contributed by atoms with E-state index < -0.39 is 60.1 Å². The minimum absolute atomic E-state index is 0.0319. The Morgan fingerprint density at radius 3 is 2.33 bits per heavy atom. The summed E-state index contributed by atoms with van der Waals surface area (Å²) in [4.78, 5) is 34.3. The molecule has 0 atom stereocenters. The van der Waals surface area contributed by atoms with Crippen LogP contribution in [0.4, 0.5) is 35.1 Å². The van der Waals surface area contributed by atoms with Gasteiger partial charge in [-0.15, -0.1) is 0 Å². The van der Waals surface area contributed by atoms with Crippen molar-refractivity contribution in [3.05, 3.63) is 52.3 Å². The van der Waals surface area contributed by atoms with Crippen molar-refractivity contribution in [2.75, 3.05) is 19.8 Å². The van der Waals surface area contributed by atoms with Crippen LogP contribution >= 0.6 is 0 Å². The van der Waals surface area contributed by atoms with Crippen LogP contribution in [0.3, 0.4) is 0 Å². The Labute approximate surface area is 269 Å². The van der Waals surface area contributed by atoms with E-state index >= 15 is 0 Å². The average molecular weight is 692 g/mol. The predicted molar refractivity (Wildman–Crippen MR) is 154 cm³/mol. The number of amides is 2. The van der Waals surface area contributed by atoms with E-state index in [1.807, 2.05) is 0 Å². The van der Waals surface area contributed by atoms with Crippen molar-refractivity contribution in [1.82, 2.24) is 25.2 Å². The lowest BCUT2D eigenvalue weighted by atomic mass is 9.85. The molecule has 1 aliphatic heterocycles. The number of imidazole rings is 1. The predicted octanol–water partition coefficient (Wildman–Crippen LogP) is 5.73. The third-order valence-electron chi connectivity index (χ3n) is 8.68. The standard InChI is InChI=1S/C31H33F8N5O4/c1-29(14-47-15-29)28(46)40-12-16-3-8-21(31(37,38)39)17(9-16)10-24-42-22-11-20(27(48-13-23(32)33)43-25(22)44(24)2)26(45)41-19-6-4-18(5-7-19)30(34,35)36/h3,8-9,11,18-19,23H,4-7,10,12-15H2,1-2H3,(H,40,46)(H,41,45). The lowest BCUT2D eigenvalue weighted by molar-refractivity contribution is -0.182. The van der Waals surface area contributed by atoms with E-state index in [0.717, 1.165) is 6.07 Å². The van der Waals surface area contributed by atoms with Crippen LogP contribution in [0.1, 0.15) is 65.5 Å².